The first-order chi connectivity index (χ1) is 10.4. The molecule has 0 saturated carbocycles. The second-order valence-electron chi connectivity index (χ2n) is 6.41. The zero-order valence-electron chi connectivity index (χ0n) is 13.4. The summed E-state index contributed by atoms with van der Waals surface area (Å²) >= 11 is 0. The number of nitrogens with one attached hydrogen (secondary N) is 1. The summed E-state index contributed by atoms with van der Waals surface area (Å²) in [6.07, 6.45) is 6.87. The molecule has 0 atom stereocenters. The van der Waals surface area contributed by atoms with Gasteiger partial charge in [0.1, 0.15) is 0 Å². The van der Waals surface area contributed by atoms with Crippen molar-refractivity contribution in [3.8, 4) is 11.3 Å². The summed E-state index contributed by atoms with van der Waals surface area (Å²) in [6.45, 7) is 2.11. The van der Waals surface area contributed by atoms with Crippen molar-refractivity contribution in [3.63, 3.8) is 0 Å². The molecule has 0 aliphatic rings. The number of aryl methyl sites for hydroxylation is 1. The molecule has 0 bridgehead atoms. The van der Waals surface area contributed by atoms with Crippen LogP contribution in [0.2, 0.25) is 0 Å². The van der Waals surface area contributed by atoms with Gasteiger partial charge >= 0.3 is 0 Å². The van der Waals surface area contributed by atoms with Crippen LogP contribution in [-0.4, -0.2) is 23.8 Å². The Kier molecular flexibility index (Phi) is 3.61. The molecule has 0 amide bonds. The largest absolute Gasteiger partial charge is 0.354 e. The quantitative estimate of drug-likeness (QED) is 0.739. The van der Waals surface area contributed by atoms with Gasteiger partial charge in [0.25, 0.3) is 0 Å². The van der Waals surface area contributed by atoms with Crippen LogP contribution in [0.5, 0.6) is 0 Å². The van der Waals surface area contributed by atoms with Crippen LogP contribution in [0.15, 0.2) is 58.2 Å². The van der Waals surface area contributed by atoms with E-state index in [1.54, 1.807) is 6.07 Å². The number of benzene rings is 2. The molecule has 22 heavy (non-hydrogen) atoms. The highest BCUT2D eigenvalue weighted by molar-refractivity contribution is 8.32. The highest BCUT2D eigenvalue weighted by Gasteiger charge is 2.11. The van der Waals surface area contributed by atoms with Gasteiger partial charge < -0.3 is 4.98 Å². The average molecular weight is 311 g/mol. The number of H-pyrrole nitrogens is 1. The van der Waals surface area contributed by atoms with Crippen LogP contribution in [0.25, 0.3) is 22.2 Å². The van der Waals surface area contributed by atoms with E-state index in [1.807, 2.05) is 24.3 Å². The minimum Gasteiger partial charge on any atom is -0.354 e. The maximum atomic E-state index is 12.3. The Morgan fingerprint density at radius 1 is 0.955 bits per heavy atom. The zero-order chi connectivity index (χ0) is 15.9. The molecular weight excluding hydrogens is 290 g/mol. The molecule has 0 spiro atoms. The summed E-state index contributed by atoms with van der Waals surface area (Å²) < 4.78 is 0. The van der Waals surface area contributed by atoms with E-state index in [4.69, 9.17) is 0 Å². The second kappa shape index (κ2) is 5.33. The van der Waals surface area contributed by atoms with Gasteiger partial charge in [-0.25, -0.2) is 10.0 Å². The van der Waals surface area contributed by atoms with Gasteiger partial charge in [-0.2, -0.15) is 0 Å². The summed E-state index contributed by atoms with van der Waals surface area (Å²) in [5.74, 6) is 0. The Hall–Kier alpha value is -2.00. The first-order valence-corrected chi connectivity index (χ1v) is 10.1. The first-order valence-electron chi connectivity index (χ1n) is 7.28. The minimum absolute atomic E-state index is 0.0641. The lowest BCUT2D eigenvalue weighted by Gasteiger charge is -2.26. The van der Waals surface area contributed by atoms with Gasteiger partial charge in [0.05, 0.1) is 0 Å². The van der Waals surface area contributed by atoms with E-state index in [0.29, 0.717) is 0 Å². The van der Waals surface area contributed by atoms with Crippen LogP contribution in [0, 0.1) is 6.92 Å². The molecule has 3 heteroatoms. The molecule has 0 aliphatic carbocycles. The average Bonchev–Trinajstić information content (AvgIpc) is 2.46. The van der Waals surface area contributed by atoms with Gasteiger partial charge in [-0.1, -0.05) is 18.2 Å². The molecule has 1 N–H and O–H groups in total. The van der Waals surface area contributed by atoms with E-state index in [1.165, 1.54) is 10.5 Å². The van der Waals surface area contributed by atoms with Crippen molar-refractivity contribution in [1.29, 1.82) is 0 Å². The molecule has 114 valence electrons. The molecular formula is C19H21NOS. The normalized spacial score (nSPS) is 12.5. The highest BCUT2D eigenvalue weighted by atomic mass is 32.3. The number of aromatic nitrogens is 1. The van der Waals surface area contributed by atoms with E-state index in [0.717, 1.165) is 22.2 Å². The van der Waals surface area contributed by atoms with Crippen molar-refractivity contribution in [2.45, 2.75) is 11.8 Å². The lowest BCUT2D eigenvalue weighted by atomic mass is 10.0. The standard InChI is InChI=1S/C19H21NOS/c1-13-11-14(22(2,3)4)9-10-15(13)18-12-19(21)16-7-5-6-8-17(16)20-18/h5-12H,1-4H3,(H,20,21). The number of hydrogen-bond acceptors (Lipinski definition) is 1. The number of pyridine rings is 1. The third kappa shape index (κ3) is 2.69. The van der Waals surface area contributed by atoms with Crippen LogP contribution in [0.4, 0.5) is 0 Å². The van der Waals surface area contributed by atoms with Crippen molar-refractivity contribution in [2.75, 3.05) is 18.8 Å². The number of para-hydroxylation sites is 1. The summed E-state index contributed by atoms with van der Waals surface area (Å²) in [7, 11) is -0.739. The predicted octanol–water partition coefficient (Wildman–Crippen LogP) is 4.56. The number of aromatic amines is 1. The lowest BCUT2D eigenvalue weighted by molar-refractivity contribution is 1.30. The van der Waals surface area contributed by atoms with E-state index in [2.05, 4.69) is 48.9 Å². The van der Waals surface area contributed by atoms with Crippen molar-refractivity contribution in [2.24, 2.45) is 0 Å². The monoisotopic (exact) mass is 311 g/mol. The van der Waals surface area contributed by atoms with Crippen LogP contribution >= 0.6 is 10.0 Å². The topological polar surface area (TPSA) is 32.9 Å². The fourth-order valence-electron chi connectivity index (χ4n) is 2.66. The molecule has 0 radical (unpaired) electrons. The van der Waals surface area contributed by atoms with Gasteiger partial charge in [-0.05, 0) is 60.4 Å². The molecule has 0 saturated heterocycles. The SMILES string of the molecule is Cc1cc(S(C)(C)C)ccc1-c1cc(=O)c2ccccc2[nH]1. The number of rotatable bonds is 2. The van der Waals surface area contributed by atoms with Crippen LogP contribution in [0.3, 0.4) is 0 Å². The van der Waals surface area contributed by atoms with Crippen molar-refractivity contribution in [3.05, 3.63) is 64.3 Å². The summed E-state index contributed by atoms with van der Waals surface area (Å²) in [5, 5.41) is 0.736. The van der Waals surface area contributed by atoms with Crippen LogP contribution in [0.1, 0.15) is 5.56 Å². The van der Waals surface area contributed by atoms with Gasteiger partial charge in [0.15, 0.2) is 5.43 Å². The summed E-state index contributed by atoms with van der Waals surface area (Å²) in [6, 6.07) is 15.9. The second-order valence-corrected chi connectivity index (χ2v) is 10.6. The molecule has 2 aromatic carbocycles. The number of hydrogen-bond donors (Lipinski definition) is 1. The predicted molar refractivity (Wildman–Crippen MR) is 98.4 cm³/mol. The Morgan fingerprint density at radius 2 is 1.68 bits per heavy atom. The van der Waals surface area contributed by atoms with E-state index in [-0.39, 0.29) is 5.43 Å². The smallest absolute Gasteiger partial charge is 0.190 e. The summed E-state index contributed by atoms with van der Waals surface area (Å²) in [4.78, 5) is 17.1. The van der Waals surface area contributed by atoms with Gasteiger partial charge in [-0.15, -0.1) is 0 Å². The van der Waals surface area contributed by atoms with Crippen molar-refractivity contribution >= 4 is 20.9 Å². The van der Waals surface area contributed by atoms with Gasteiger partial charge in [0, 0.05) is 28.2 Å². The summed E-state index contributed by atoms with van der Waals surface area (Å²) in [5.41, 5.74) is 4.13. The molecule has 0 aliphatic heterocycles. The maximum Gasteiger partial charge on any atom is 0.190 e. The molecule has 0 unspecified atom stereocenters. The molecule has 0 fully saturated rings. The van der Waals surface area contributed by atoms with Gasteiger partial charge in [-0.3, -0.25) is 4.79 Å². The molecule has 1 aromatic heterocycles. The minimum atomic E-state index is -0.739. The zero-order valence-corrected chi connectivity index (χ0v) is 14.3. The fraction of sp³-hybridized carbons (Fsp3) is 0.211. The molecule has 3 rings (SSSR count). The lowest BCUT2D eigenvalue weighted by Crippen LogP contribution is -2.03. The van der Waals surface area contributed by atoms with E-state index < -0.39 is 10.0 Å². The Bertz CT molecular complexity index is 903. The van der Waals surface area contributed by atoms with Gasteiger partial charge in [0.2, 0.25) is 0 Å². The van der Waals surface area contributed by atoms with Crippen molar-refractivity contribution in [1.82, 2.24) is 4.98 Å². The maximum absolute atomic E-state index is 12.3. The molecule has 3 aromatic rings. The van der Waals surface area contributed by atoms with Crippen LogP contribution < -0.4 is 5.43 Å². The highest BCUT2D eigenvalue weighted by Crippen LogP contribution is 2.46. The Labute approximate surface area is 132 Å². The Balaban J connectivity index is 2.18. The van der Waals surface area contributed by atoms with Crippen molar-refractivity contribution < 1.29 is 0 Å². The van der Waals surface area contributed by atoms with E-state index >= 15 is 0 Å². The first kappa shape index (κ1) is 14.9. The fourth-order valence-corrected chi connectivity index (χ4v) is 3.67. The van der Waals surface area contributed by atoms with Crippen LogP contribution in [-0.2, 0) is 0 Å². The third-order valence-corrected chi connectivity index (χ3v) is 5.60. The van der Waals surface area contributed by atoms with E-state index in [9.17, 15) is 4.79 Å². The third-order valence-electron chi connectivity index (χ3n) is 3.93. The molecule has 2 nitrogen and oxygen atoms in total. The Morgan fingerprint density at radius 3 is 2.36 bits per heavy atom. The number of fused-ring (bicyclic) bond motifs is 1. The molecule has 1 heterocycles.